The first-order valence-electron chi connectivity index (χ1n) is 7.02. The van der Waals surface area contributed by atoms with E-state index in [0.717, 1.165) is 32.7 Å². The van der Waals surface area contributed by atoms with Gasteiger partial charge in [0.15, 0.2) is 0 Å². The van der Waals surface area contributed by atoms with E-state index in [1.54, 1.807) is 4.90 Å². The predicted molar refractivity (Wildman–Crippen MR) is 77.4 cm³/mol. The van der Waals surface area contributed by atoms with Crippen LogP contribution < -0.4 is 5.32 Å². The summed E-state index contributed by atoms with van der Waals surface area (Å²) in [4.78, 5) is 16.2. The van der Waals surface area contributed by atoms with Gasteiger partial charge >= 0.3 is 6.09 Å². The fraction of sp³-hybridized carbons (Fsp3) is 0.929. The van der Waals surface area contributed by atoms with Crippen molar-refractivity contribution < 1.29 is 9.53 Å². The van der Waals surface area contributed by atoms with Gasteiger partial charge in [-0.25, -0.2) is 4.79 Å². The normalized spacial score (nSPS) is 18.2. The summed E-state index contributed by atoms with van der Waals surface area (Å²) in [5, 5.41) is 3.34. The molecule has 0 aromatic rings. The molecule has 19 heavy (non-hydrogen) atoms. The maximum absolute atomic E-state index is 12.1. The van der Waals surface area contributed by atoms with E-state index in [-0.39, 0.29) is 11.6 Å². The van der Waals surface area contributed by atoms with Gasteiger partial charge in [-0.3, -0.25) is 4.90 Å². The molecule has 1 aliphatic rings. The number of hydrogen-bond donors (Lipinski definition) is 1. The maximum atomic E-state index is 12.1. The van der Waals surface area contributed by atoms with Gasteiger partial charge in [-0.2, -0.15) is 0 Å². The van der Waals surface area contributed by atoms with E-state index < -0.39 is 5.60 Å². The average molecular weight is 271 g/mol. The number of hydrogen-bond acceptors (Lipinski definition) is 4. The number of piperazine rings is 1. The van der Waals surface area contributed by atoms with Crippen molar-refractivity contribution in [1.82, 2.24) is 15.1 Å². The maximum Gasteiger partial charge on any atom is 0.410 e. The molecule has 1 fully saturated rings. The highest BCUT2D eigenvalue weighted by atomic mass is 16.6. The zero-order chi connectivity index (χ0) is 14.7. The molecule has 0 spiro atoms. The van der Waals surface area contributed by atoms with Gasteiger partial charge in [0.05, 0.1) is 5.54 Å². The van der Waals surface area contributed by atoms with Crippen LogP contribution in [0, 0.1) is 0 Å². The summed E-state index contributed by atoms with van der Waals surface area (Å²) in [6.07, 6.45) is -0.257. The Balaban J connectivity index is 2.56. The lowest BCUT2D eigenvalue weighted by Crippen LogP contribution is -2.56. The second kappa shape index (κ2) is 6.09. The van der Waals surface area contributed by atoms with E-state index in [4.69, 9.17) is 4.74 Å². The van der Waals surface area contributed by atoms with Gasteiger partial charge in [0.1, 0.15) is 5.60 Å². The molecule has 0 saturated carbocycles. The lowest BCUT2D eigenvalue weighted by Gasteiger charge is -2.41. The van der Waals surface area contributed by atoms with Crippen molar-refractivity contribution in [3.8, 4) is 0 Å². The molecule has 1 saturated heterocycles. The van der Waals surface area contributed by atoms with Gasteiger partial charge in [0.25, 0.3) is 0 Å². The third-order valence-corrected chi connectivity index (χ3v) is 3.40. The number of likely N-dealkylation sites (N-methyl/N-ethyl adjacent to an activating group) is 1. The molecule has 1 heterocycles. The third-order valence-electron chi connectivity index (χ3n) is 3.40. The third kappa shape index (κ3) is 5.37. The summed E-state index contributed by atoms with van der Waals surface area (Å²) in [6.45, 7) is 14.8. The molecule has 0 aliphatic carbocycles. The Morgan fingerprint density at radius 2 is 1.74 bits per heavy atom. The molecular formula is C14H29N3O2. The number of amides is 1. The average Bonchev–Trinajstić information content (AvgIpc) is 2.26. The smallest absolute Gasteiger partial charge is 0.410 e. The minimum absolute atomic E-state index is 0.236. The number of nitrogens with one attached hydrogen (secondary N) is 1. The standard InChI is InChI=1S/C14H29N3O2/c1-13(2,3)19-12(18)16(6)14(4,5)11-17-9-7-15-8-10-17/h15H,7-11H2,1-6H3. The largest absolute Gasteiger partial charge is 0.444 e. The molecule has 112 valence electrons. The highest BCUT2D eigenvalue weighted by molar-refractivity contribution is 5.68. The van der Waals surface area contributed by atoms with Crippen LogP contribution in [-0.4, -0.2) is 66.8 Å². The number of rotatable bonds is 3. The Bertz CT molecular complexity index is 304. The van der Waals surface area contributed by atoms with Crippen molar-refractivity contribution in [3.05, 3.63) is 0 Å². The second-order valence-corrected chi connectivity index (χ2v) is 6.88. The Hall–Kier alpha value is -0.810. The van der Waals surface area contributed by atoms with Crippen LogP contribution >= 0.6 is 0 Å². The van der Waals surface area contributed by atoms with Gasteiger partial charge in [-0.05, 0) is 34.6 Å². The first kappa shape index (κ1) is 16.2. The van der Waals surface area contributed by atoms with Crippen LogP contribution in [-0.2, 0) is 4.74 Å². The molecule has 1 N–H and O–H groups in total. The van der Waals surface area contributed by atoms with Crippen molar-refractivity contribution in [2.45, 2.75) is 45.8 Å². The van der Waals surface area contributed by atoms with Crippen LogP contribution in [0.5, 0.6) is 0 Å². The molecule has 0 unspecified atom stereocenters. The van der Waals surface area contributed by atoms with Crippen molar-refractivity contribution in [3.63, 3.8) is 0 Å². The van der Waals surface area contributed by atoms with Gasteiger partial charge in [-0.1, -0.05) is 0 Å². The molecule has 1 amide bonds. The lowest BCUT2D eigenvalue weighted by molar-refractivity contribution is 0.00397. The van der Waals surface area contributed by atoms with Crippen molar-refractivity contribution in [2.24, 2.45) is 0 Å². The zero-order valence-corrected chi connectivity index (χ0v) is 13.2. The Labute approximate surface area is 117 Å². The molecular weight excluding hydrogens is 242 g/mol. The van der Waals surface area contributed by atoms with Crippen molar-refractivity contribution in [2.75, 3.05) is 39.8 Å². The molecule has 1 aliphatic heterocycles. The van der Waals surface area contributed by atoms with Crippen LogP contribution in [0.4, 0.5) is 4.79 Å². The van der Waals surface area contributed by atoms with Gasteiger partial charge in [0.2, 0.25) is 0 Å². The van der Waals surface area contributed by atoms with E-state index >= 15 is 0 Å². The van der Waals surface area contributed by atoms with Gasteiger partial charge in [0, 0.05) is 39.8 Å². The number of carbonyl (C=O) groups is 1. The van der Waals surface area contributed by atoms with E-state index in [0.29, 0.717) is 0 Å². The summed E-state index contributed by atoms with van der Waals surface area (Å²) in [6, 6.07) is 0. The van der Waals surface area contributed by atoms with E-state index in [1.807, 2.05) is 27.8 Å². The van der Waals surface area contributed by atoms with Crippen molar-refractivity contribution >= 4 is 6.09 Å². The van der Waals surface area contributed by atoms with E-state index in [2.05, 4.69) is 24.1 Å². The molecule has 0 radical (unpaired) electrons. The summed E-state index contributed by atoms with van der Waals surface area (Å²) < 4.78 is 5.43. The van der Waals surface area contributed by atoms with Crippen molar-refractivity contribution in [1.29, 1.82) is 0 Å². The quantitative estimate of drug-likeness (QED) is 0.845. The summed E-state index contributed by atoms with van der Waals surface area (Å²) >= 11 is 0. The molecule has 0 bridgehead atoms. The minimum Gasteiger partial charge on any atom is -0.444 e. The number of nitrogens with zero attached hydrogens (tertiary/aromatic N) is 2. The Morgan fingerprint density at radius 1 is 1.21 bits per heavy atom. The fourth-order valence-electron chi connectivity index (χ4n) is 2.10. The molecule has 0 aromatic heterocycles. The summed E-state index contributed by atoms with van der Waals surface area (Å²) in [7, 11) is 1.82. The lowest BCUT2D eigenvalue weighted by atomic mass is 10.0. The Morgan fingerprint density at radius 3 is 2.21 bits per heavy atom. The van der Waals surface area contributed by atoms with Crippen LogP contribution in [0.3, 0.4) is 0 Å². The van der Waals surface area contributed by atoms with Crippen LogP contribution in [0.1, 0.15) is 34.6 Å². The molecule has 5 nitrogen and oxygen atoms in total. The first-order valence-corrected chi connectivity index (χ1v) is 7.02. The SMILES string of the molecule is CN(C(=O)OC(C)(C)C)C(C)(C)CN1CCNCC1. The molecule has 1 rings (SSSR count). The van der Waals surface area contributed by atoms with E-state index in [9.17, 15) is 4.79 Å². The second-order valence-electron chi connectivity index (χ2n) is 6.88. The van der Waals surface area contributed by atoms with Crippen LogP contribution in [0.2, 0.25) is 0 Å². The van der Waals surface area contributed by atoms with Crippen LogP contribution in [0.25, 0.3) is 0 Å². The topological polar surface area (TPSA) is 44.8 Å². The number of ether oxygens (including phenoxy) is 1. The van der Waals surface area contributed by atoms with Gasteiger partial charge in [-0.15, -0.1) is 0 Å². The summed E-state index contributed by atoms with van der Waals surface area (Å²) in [5.74, 6) is 0. The predicted octanol–water partition coefficient (Wildman–Crippen LogP) is 1.54. The molecule has 0 atom stereocenters. The van der Waals surface area contributed by atoms with Gasteiger partial charge < -0.3 is 15.0 Å². The summed E-state index contributed by atoms with van der Waals surface area (Å²) in [5.41, 5.74) is -0.684. The minimum atomic E-state index is -0.448. The Kier molecular flexibility index (Phi) is 5.21. The fourth-order valence-corrected chi connectivity index (χ4v) is 2.10. The zero-order valence-electron chi connectivity index (χ0n) is 13.2. The first-order chi connectivity index (χ1) is 8.62. The monoisotopic (exact) mass is 271 g/mol. The number of carbonyl (C=O) groups excluding carboxylic acids is 1. The van der Waals surface area contributed by atoms with E-state index in [1.165, 1.54) is 0 Å². The highest BCUT2D eigenvalue weighted by Crippen LogP contribution is 2.18. The highest BCUT2D eigenvalue weighted by Gasteiger charge is 2.32. The van der Waals surface area contributed by atoms with Crippen LogP contribution in [0.15, 0.2) is 0 Å². The molecule has 5 heteroatoms. The molecule has 0 aromatic carbocycles.